The minimum absolute atomic E-state index is 0.116. The minimum Gasteiger partial charge on any atom is -0.376 e. The maximum atomic E-state index is 5.75. The normalized spacial score (nSPS) is 17.1. The zero-order valence-electron chi connectivity index (χ0n) is 9.32. The average Bonchev–Trinajstić information content (AvgIpc) is 2.14. The summed E-state index contributed by atoms with van der Waals surface area (Å²) in [5.41, 5.74) is -0.269. The fourth-order valence-corrected chi connectivity index (χ4v) is 0.854. The Labute approximate surface area is 90.1 Å². The predicted molar refractivity (Wildman–Crippen MR) is 59.5 cm³/mol. The Balaban J connectivity index is 3.99. The van der Waals surface area contributed by atoms with Crippen molar-refractivity contribution < 1.29 is 9.47 Å². The number of rotatable bonds is 6. The molecule has 0 radical (unpaired) electrons. The number of ether oxygens (including phenoxy) is 2. The van der Waals surface area contributed by atoms with E-state index in [0.717, 1.165) is 11.8 Å². The van der Waals surface area contributed by atoms with Crippen LogP contribution in [0.3, 0.4) is 0 Å². The van der Waals surface area contributed by atoms with Crippen molar-refractivity contribution >= 4 is 15.9 Å². The van der Waals surface area contributed by atoms with Gasteiger partial charge in [0.2, 0.25) is 0 Å². The lowest BCUT2D eigenvalue weighted by Crippen LogP contribution is -2.38. The van der Waals surface area contributed by atoms with Crippen LogP contribution >= 0.6 is 15.9 Å². The molecule has 80 valence electrons. The highest BCUT2D eigenvalue weighted by Gasteiger charge is 2.26. The monoisotopic (exact) mass is 252 g/mol. The van der Waals surface area contributed by atoms with E-state index in [9.17, 15) is 0 Å². The van der Waals surface area contributed by atoms with Crippen molar-refractivity contribution in [2.24, 2.45) is 0 Å². The number of hydrogen-bond donors (Lipinski definition) is 0. The molecule has 0 aromatic heterocycles. The van der Waals surface area contributed by atoms with Crippen molar-refractivity contribution in [3.8, 4) is 0 Å². The van der Waals surface area contributed by atoms with Gasteiger partial charge in [-0.1, -0.05) is 22.9 Å². The van der Waals surface area contributed by atoms with Crippen LogP contribution in [0.1, 0.15) is 34.1 Å². The van der Waals surface area contributed by atoms with Crippen LogP contribution < -0.4 is 0 Å². The van der Waals surface area contributed by atoms with E-state index in [1.807, 2.05) is 0 Å². The average molecular weight is 253 g/mol. The van der Waals surface area contributed by atoms with Crippen LogP contribution in [0.4, 0.5) is 0 Å². The smallest absolute Gasteiger partial charge is 0.0880 e. The maximum Gasteiger partial charge on any atom is 0.0880 e. The van der Waals surface area contributed by atoms with E-state index in [4.69, 9.17) is 9.47 Å². The number of alkyl halides is 1. The topological polar surface area (TPSA) is 18.5 Å². The second-order valence-electron chi connectivity index (χ2n) is 4.19. The molecule has 13 heavy (non-hydrogen) atoms. The molecule has 0 bridgehead atoms. The summed E-state index contributed by atoms with van der Waals surface area (Å²) in [6.07, 6.45) is 0.960. The Hall–Kier alpha value is 0.400. The molecule has 3 heteroatoms. The van der Waals surface area contributed by atoms with E-state index in [2.05, 4.69) is 43.6 Å². The Bertz CT molecular complexity index is 142. The van der Waals surface area contributed by atoms with Gasteiger partial charge in [0, 0.05) is 12.4 Å². The van der Waals surface area contributed by atoms with Crippen molar-refractivity contribution in [2.75, 3.05) is 19.0 Å². The fraction of sp³-hybridized carbons (Fsp3) is 1.00. The summed E-state index contributed by atoms with van der Waals surface area (Å²) in [4.78, 5) is 0. The van der Waals surface area contributed by atoms with Gasteiger partial charge in [0.15, 0.2) is 0 Å². The molecule has 0 aliphatic rings. The van der Waals surface area contributed by atoms with E-state index < -0.39 is 0 Å². The number of halogens is 1. The molecule has 0 heterocycles. The van der Waals surface area contributed by atoms with Crippen molar-refractivity contribution in [2.45, 2.75) is 45.3 Å². The summed E-state index contributed by atoms with van der Waals surface area (Å²) in [7, 11) is 1.73. The second-order valence-corrected chi connectivity index (χ2v) is 4.75. The highest BCUT2D eigenvalue weighted by Crippen LogP contribution is 2.19. The molecule has 1 atom stereocenters. The first kappa shape index (κ1) is 13.4. The minimum atomic E-state index is -0.153. The van der Waals surface area contributed by atoms with Gasteiger partial charge in [0.1, 0.15) is 0 Å². The van der Waals surface area contributed by atoms with E-state index in [0.29, 0.717) is 6.61 Å². The number of hydrogen-bond acceptors (Lipinski definition) is 2. The molecular weight excluding hydrogens is 232 g/mol. The Kier molecular flexibility index (Phi) is 5.49. The van der Waals surface area contributed by atoms with E-state index in [1.54, 1.807) is 7.11 Å². The number of methoxy groups -OCH3 is 1. The van der Waals surface area contributed by atoms with Crippen LogP contribution in [0.5, 0.6) is 0 Å². The van der Waals surface area contributed by atoms with Gasteiger partial charge < -0.3 is 9.47 Å². The Morgan fingerprint density at radius 1 is 1.23 bits per heavy atom. The third-order valence-corrected chi connectivity index (χ3v) is 3.68. The molecule has 0 aromatic carbocycles. The Morgan fingerprint density at radius 3 is 2.08 bits per heavy atom. The molecule has 0 saturated carbocycles. The van der Waals surface area contributed by atoms with E-state index in [1.165, 1.54) is 0 Å². The third-order valence-electron chi connectivity index (χ3n) is 2.33. The standard InChI is InChI=1S/C10H21BrO2/c1-6-10(4,12-5)8-13-9(2,3)7-11/h6-8H2,1-5H3. The Morgan fingerprint density at radius 2 is 1.77 bits per heavy atom. The molecule has 0 spiro atoms. The highest BCUT2D eigenvalue weighted by molar-refractivity contribution is 9.09. The van der Waals surface area contributed by atoms with Crippen LogP contribution in [0, 0.1) is 0 Å². The lowest BCUT2D eigenvalue weighted by atomic mass is 10.0. The van der Waals surface area contributed by atoms with Crippen LogP contribution in [0.25, 0.3) is 0 Å². The molecule has 2 nitrogen and oxygen atoms in total. The highest BCUT2D eigenvalue weighted by atomic mass is 79.9. The molecule has 0 aliphatic carbocycles. The zero-order valence-corrected chi connectivity index (χ0v) is 10.9. The lowest BCUT2D eigenvalue weighted by Gasteiger charge is -2.31. The van der Waals surface area contributed by atoms with Gasteiger partial charge >= 0.3 is 0 Å². The second kappa shape index (κ2) is 5.32. The summed E-state index contributed by atoms with van der Waals surface area (Å²) in [6, 6.07) is 0. The first-order chi connectivity index (χ1) is 5.89. The quantitative estimate of drug-likeness (QED) is 0.677. The van der Waals surface area contributed by atoms with E-state index in [-0.39, 0.29) is 11.2 Å². The largest absolute Gasteiger partial charge is 0.376 e. The summed E-state index contributed by atoms with van der Waals surface area (Å²) < 4.78 is 11.1. The fourth-order valence-electron chi connectivity index (χ4n) is 0.692. The van der Waals surface area contributed by atoms with Gasteiger partial charge in [-0.05, 0) is 27.2 Å². The third kappa shape index (κ3) is 4.99. The molecule has 1 unspecified atom stereocenters. The first-order valence-corrected chi connectivity index (χ1v) is 5.76. The zero-order chi connectivity index (χ0) is 10.5. The predicted octanol–water partition coefficient (Wildman–Crippen LogP) is 2.99. The summed E-state index contributed by atoms with van der Waals surface area (Å²) >= 11 is 3.42. The lowest BCUT2D eigenvalue weighted by molar-refractivity contribution is -0.107. The van der Waals surface area contributed by atoms with Gasteiger partial charge in [-0.15, -0.1) is 0 Å². The molecule has 0 fully saturated rings. The van der Waals surface area contributed by atoms with Crippen molar-refractivity contribution in [3.63, 3.8) is 0 Å². The van der Waals surface area contributed by atoms with Gasteiger partial charge in [-0.25, -0.2) is 0 Å². The van der Waals surface area contributed by atoms with Crippen LogP contribution in [0.2, 0.25) is 0 Å². The van der Waals surface area contributed by atoms with Crippen molar-refractivity contribution in [1.82, 2.24) is 0 Å². The maximum absolute atomic E-state index is 5.75. The van der Waals surface area contributed by atoms with Crippen LogP contribution in [-0.4, -0.2) is 30.2 Å². The van der Waals surface area contributed by atoms with Crippen molar-refractivity contribution in [3.05, 3.63) is 0 Å². The molecule has 0 saturated heterocycles. The molecule has 0 N–H and O–H groups in total. The van der Waals surface area contributed by atoms with Crippen molar-refractivity contribution in [1.29, 1.82) is 0 Å². The van der Waals surface area contributed by atoms with Crippen LogP contribution in [0.15, 0.2) is 0 Å². The van der Waals surface area contributed by atoms with Crippen LogP contribution in [-0.2, 0) is 9.47 Å². The van der Waals surface area contributed by atoms with Gasteiger partial charge in [-0.2, -0.15) is 0 Å². The molecule has 0 amide bonds. The molecular formula is C10H21BrO2. The van der Waals surface area contributed by atoms with Gasteiger partial charge in [0.05, 0.1) is 17.8 Å². The van der Waals surface area contributed by atoms with E-state index >= 15 is 0 Å². The molecule has 0 aromatic rings. The summed E-state index contributed by atoms with van der Waals surface area (Å²) in [6.45, 7) is 8.94. The molecule has 0 rings (SSSR count). The summed E-state index contributed by atoms with van der Waals surface area (Å²) in [5, 5.41) is 0.837. The van der Waals surface area contributed by atoms with Gasteiger partial charge in [-0.3, -0.25) is 0 Å². The SMILES string of the molecule is CCC(C)(COC(C)(C)CBr)OC. The first-order valence-electron chi connectivity index (χ1n) is 4.64. The molecule has 0 aliphatic heterocycles. The summed E-state index contributed by atoms with van der Waals surface area (Å²) in [5.74, 6) is 0. The van der Waals surface area contributed by atoms with Gasteiger partial charge in [0.25, 0.3) is 0 Å².